The number of amides is 3. The van der Waals surface area contributed by atoms with Crippen LogP contribution in [0.2, 0.25) is 0 Å². The van der Waals surface area contributed by atoms with Gasteiger partial charge in [0.2, 0.25) is 5.91 Å². The van der Waals surface area contributed by atoms with Gasteiger partial charge in [-0.1, -0.05) is 22.9 Å². The molecule has 3 amide bonds. The quantitative estimate of drug-likeness (QED) is 0.676. The molecule has 7 nitrogen and oxygen atoms in total. The molecule has 1 saturated heterocycles. The molecule has 0 spiro atoms. The number of thioether (sulfide) groups is 1. The van der Waals surface area contributed by atoms with Gasteiger partial charge < -0.3 is 15.2 Å². The Balaban J connectivity index is 2.21. The summed E-state index contributed by atoms with van der Waals surface area (Å²) < 4.78 is 5.58. The van der Waals surface area contributed by atoms with Crippen molar-refractivity contribution in [2.75, 3.05) is 20.2 Å². The molecule has 25 heavy (non-hydrogen) atoms. The minimum atomic E-state index is -0.527. The summed E-state index contributed by atoms with van der Waals surface area (Å²) in [7, 11) is 1.41. The first-order chi connectivity index (χ1) is 11.9. The normalized spacial score (nSPS) is 15.8. The van der Waals surface area contributed by atoms with Crippen LogP contribution in [-0.2, 0) is 9.59 Å². The molecule has 2 N–H and O–H groups in total. The number of ether oxygens (including phenoxy) is 1. The van der Waals surface area contributed by atoms with Crippen molar-refractivity contribution in [2.24, 2.45) is 0 Å². The topological polar surface area (TPSA) is 95.9 Å². The van der Waals surface area contributed by atoms with Crippen molar-refractivity contribution in [1.82, 2.24) is 10.2 Å². The van der Waals surface area contributed by atoms with Crippen LogP contribution < -0.4 is 10.1 Å². The van der Waals surface area contributed by atoms with Crippen LogP contribution in [0.25, 0.3) is 6.08 Å². The number of carbonyl (C=O) groups is 3. The number of halogens is 1. The fraction of sp³-hybridized carbons (Fsp3) is 0.312. The van der Waals surface area contributed by atoms with Gasteiger partial charge in [0.15, 0.2) is 11.5 Å². The maximum absolute atomic E-state index is 12.4. The Kier molecular flexibility index (Phi) is 6.49. The first-order valence-electron chi connectivity index (χ1n) is 7.46. The summed E-state index contributed by atoms with van der Waals surface area (Å²) in [5.74, 6) is -0.710. The highest BCUT2D eigenvalue weighted by molar-refractivity contribution is 9.10. The number of phenolic OH excluding ortho intramolecular Hbond substituents is 1. The van der Waals surface area contributed by atoms with Crippen LogP contribution in [0.3, 0.4) is 0 Å². The van der Waals surface area contributed by atoms with Gasteiger partial charge >= 0.3 is 0 Å². The minimum absolute atomic E-state index is 0.0489. The summed E-state index contributed by atoms with van der Waals surface area (Å²) >= 11 is 4.06. The highest BCUT2D eigenvalue weighted by Crippen LogP contribution is 2.37. The van der Waals surface area contributed by atoms with Crippen molar-refractivity contribution in [1.29, 1.82) is 0 Å². The predicted molar refractivity (Wildman–Crippen MR) is 98.3 cm³/mol. The van der Waals surface area contributed by atoms with E-state index in [4.69, 9.17) is 4.74 Å². The molecule has 1 aromatic carbocycles. The summed E-state index contributed by atoms with van der Waals surface area (Å²) in [4.78, 5) is 37.3. The van der Waals surface area contributed by atoms with Gasteiger partial charge in [-0.15, -0.1) is 0 Å². The van der Waals surface area contributed by atoms with Crippen molar-refractivity contribution in [3.05, 3.63) is 27.1 Å². The lowest BCUT2D eigenvalue weighted by atomic mass is 10.2. The Morgan fingerprint density at radius 1 is 1.44 bits per heavy atom. The zero-order chi connectivity index (χ0) is 18.6. The van der Waals surface area contributed by atoms with E-state index in [2.05, 4.69) is 21.2 Å². The standard InChI is InChI=1S/C16H17BrN2O5S/c1-3-4-18-14(21)8-19-15(22)13(25-16(19)23)6-9-5-12(24-2)11(20)7-10(9)17/h5-7,20H,3-4,8H2,1-2H3,(H,18,21)/b13-6-. The molecule has 0 aliphatic carbocycles. The number of imide groups is 1. The summed E-state index contributed by atoms with van der Waals surface area (Å²) in [6.45, 7) is 2.10. The second kappa shape index (κ2) is 8.39. The summed E-state index contributed by atoms with van der Waals surface area (Å²) in [5.41, 5.74) is 0.565. The number of benzene rings is 1. The van der Waals surface area contributed by atoms with Crippen molar-refractivity contribution >= 4 is 50.8 Å². The third-order valence-corrected chi connectivity index (χ3v) is 4.93. The van der Waals surface area contributed by atoms with Crippen molar-refractivity contribution < 1.29 is 24.2 Å². The van der Waals surface area contributed by atoms with Gasteiger partial charge in [0.1, 0.15) is 6.54 Å². The first kappa shape index (κ1) is 19.3. The number of aromatic hydroxyl groups is 1. The van der Waals surface area contributed by atoms with E-state index in [0.29, 0.717) is 16.6 Å². The summed E-state index contributed by atoms with van der Waals surface area (Å²) in [6, 6.07) is 2.98. The fourth-order valence-corrected chi connectivity index (χ4v) is 3.35. The molecule has 9 heteroatoms. The van der Waals surface area contributed by atoms with Crippen LogP contribution >= 0.6 is 27.7 Å². The van der Waals surface area contributed by atoms with E-state index in [1.54, 1.807) is 6.07 Å². The van der Waals surface area contributed by atoms with Crippen LogP contribution in [0.5, 0.6) is 11.5 Å². The summed E-state index contributed by atoms with van der Waals surface area (Å²) in [5, 5.41) is 11.9. The molecule has 0 radical (unpaired) electrons. The van der Waals surface area contributed by atoms with Gasteiger partial charge in [-0.3, -0.25) is 19.3 Å². The van der Waals surface area contributed by atoms with Crippen molar-refractivity contribution in [3.8, 4) is 11.5 Å². The first-order valence-corrected chi connectivity index (χ1v) is 9.06. The molecule has 0 unspecified atom stereocenters. The lowest BCUT2D eigenvalue weighted by Gasteiger charge is -2.12. The van der Waals surface area contributed by atoms with Crippen molar-refractivity contribution in [3.63, 3.8) is 0 Å². The average Bonchev–Trinajstić information content (AvgIpc) is 2.83. The second-order valence-corrected chi connectivity index (χ2v) is 7.01. The highest BCUT2D eigenvalue weighted by atomic mass is 79.9. The fourth-order valence-electron chi connectivity index (χ4n) is 2.07. The Bertz CT molecular complexity index is 750. The number of phenols is 1. The van der Waals surface area contributed by atoms with Gasteiger partial charge in [0.25, 0.3) is 11.1 Å². The number of nitrogens with one attached hydrogen (secondary N) is 1. The lowest BCUT2D eigenvalue weighted by molar-refractivity contribution is -0.129. The number of rotatable bonds is 6. The zero-order valence-corrected chi connectivity index (χ0v) is 16.1. The number of carbonyl (C=O) groups excluding carboxylic acids is 3. The van der Waals surface area contributed by atoms with Crippen LogP contribution in [-0.4, -0.2) is 47.3 Å². The Hall–Kier alpha value is -2.00. The van der Waals surface area contributed by atoms with Gasteiger partial charge in [0.05, 0.1) is 12.0 Å². The molecule has 1 heterocycles. The molecular weight excluding hydrogens is 412 g/mol. The number of hydrogen-bond donors (Lipinski definition) is 2. The molecular formula is C16H17BrN2O5S. The molecule has 1 fully saturated rings. The molecule has 1 aliphatic rings. The third kappa shape index (κ3) is 4.55. The maximum atomic E-state index is 12.4. The van der Waals surface area contributed by atoms with Gasteiger partial charge in [-0.2, -0.15) is 0 Å². The molecule has 0 aromatic heterocycles. The van der Waals surface area contributed by atoms with E-state index in [-0.39, 0.29) is 28.9 Å². The van der Waals surface area contributed by atoms with Gasteiger partial charge in [-0.25, -0.2) is 0 Å². The highest BCUT2D eigenvalue weighted by Gasteiger charge is 2.36. The van der Waals surface area contributed by atoms with Crippen LogP contribution in [0.1, 0.15) is 18.9 Å². The Morgan fingerprint density at radius 2 is 2.16 bits per heavy atom. The van der Waals surface area contributed by atoms with Gasteiger partial charge in [-0.05, 0) is 42.0 Å². The minimum Gasteiger partial charge on any atom is -0.504 e. The van der Waals surface area contributed by atoms with E-state index >= 15 is 0 Å². The number of hydrogen-bond acceptors (Lipinski definition) is 6. The SMILES string of the molecule is CCCNC(=O)CN1C(=O)S/C(=C\c2cc(OC)c(O)cc2Br)C1=O. The predicted octanol–water partition coefficient (Wildman–Crippen LogP) is 2.73. The Labute approximate surface area is 157 Å². The largest absolute Gasteiger partial charge is 0.504 e. The lowest BCUT2D eigenvalue weighted by Crippen LogP contribution is -2.39. The molecule has 0 bridgehead atoms. The molecule has 1 aromatic rings. The van der Waals surface area contributed by atoms with Crippen LogP contribution in [0, 0.1) is 0 Å². The number of methoxy groups -OCH3 is 1. The monoisotopic (exact) mass is 428 g/mol. The third-order valence-electron chi connectivity index (χ3n) is 3.33. The molecule has 1 aliphatic heterocycles. The molecule has 2 rings (SSSR count). The Morgan fingerprint density at radius 3 is 2.80 bits per heavy atom. The molecule has 0 atom stereocenters. The average molecular weight is 429 g/mol. The zero-order valence-electron chi connectivity index (χ0n) is 13.7. The van der Waals surface area contributed by atoms with E-state index < -0.39 is 11.1 Å². The second-order valence-electron chi connectivity index (χ2n) is 5.16. The molecule has 134 valence electrons. The van der Waals surface area contributed by atoms with E-state index in [1.165, 1.54) is 19.3 Å². The van der Waals surface area contributed by atoms with Crippen LogP contribution in [0.4, 0.5) is 4.79 Å². The smallest absolute Gasteiger partial charge is 0.294 e. The van der Waals surface area contributed by atoms with E-state index in [9.17, 15) is 19.5 Å². The van der Waals surface area contributed by atoms with E-state index in [1.807, 2.05) is 6.92 Å². The number of nitrogens with zero attached hydrogens (tertiary/aromatic N) is 1. The maximum Gasteiger partial charge on any atom is 0.294 e. The van der Waals surface area contributed by atoms with Gasteiger partial charge in [0, 0.05) is 11.0 Å². The molecule has 0 saturated carbocycles. The van der Waals surface area contributed by atoms with Crippen molar-refractivity contribution in [2.45, 2.75) is 13.3 Å². The summed E-state index contributed by atoms with van der Waals surface area (Å²) in [6.07, 6.45) is 2.28. The van der Waals surface area contributed by atoms with Crippen LogP contribution in [0.15, 0.2) is 21.5 Å². The van der Waals surface area contributed by atoms with E-state index in [0.717, 1.165) is 23.1 Å².